The van der Waals surface area contributed by atoms with Crippen LogP contribution in [-0.4, -0.2) is 43.2 Å². The Hall–Kier alpha value is -3.63. The monoisotopic (exact) mass is 614 g/mol. The predicted molar refractivity (Wildman–Crippen MR) is 157 cm³/mol. The van der Waals surface area contributed by atoms with E-state index in [1.807, 2.05) is 6.92 Å². The number of sulfonamides is 1. The summed E-state index contributed by atoms with van der Waals surface area (Å²) in [6.07, 6.45) is 3.00. The fraction of sp³-hybridized carbons (Fsp3) is 0.200. The standard InChI is InChI=1S/C30H28Cl2N2O6S/c1-5-14-34-20(3)28(30(36)39-4)26(29(34)35)16-23-10-11-24(40-23)18-33(17-21-8-9-22(31)15-27(21)32)41(37,38)25-12-6-19(2)7-13-25/h5-13,15-16H,1,14,17-18H2,2-4H3/b26-16+. The fourth-order valence-electron chi connectivity index (χ4n) is 4.38. The van der Waals surface area contributed by atoms with E-state index in [9.17, 15) is 18.0 Å². The maximum absolute atomic E-state index is 13.7. The topological polar surface area (TPSA) is 97.1 Å². The van der Waals surface area contributed by atoms with Gasteiger partial charge in [0.2, 0.25) is 10.0 Å². The number of hydrogen-bond donors (Lipinski definition) is 0. The first kappa shape index (κ1) is 30.3. The van der Waals surface area contributed by atoms with Gasteiger partial charge < -0.3 is 14.1 Å². The number of halogens is 2. The van der Waals surface area contributed by atoms with Crippen molar-refractivity contribution in [3.8, 4) is 0 Å². The molecule has 0 unspecified atom stereocenters. The van der Waals surface area contributed by atoms with Crippen LogP contribution in [0.25, 0.3) is 6.08 Å². The molecule has 0 saturated heterocycles. The van der Waals surface area contributed by atoms with Gasteiger partial charge in [0.25, 0.3) is 5.91 Å². The Bertz CT molecular complexity index is 1670. The molecule has 1 aliphatic heterocycles. The summed E-state index contributed by atoms with van der Waals surface area (Å²) in [4.78, 5) is 27.1. The van der Waals surface area contributed by atoms with Crippen molar-refractivity contribution < 1.29 is 27.2 Å². The summed E-state index contributed by atoms with van der Waals surface area (Å²) >= 11 is 12.4. The number of hydrogen-bond acceptors (Lipinski definition) is 6. The number of ether oxygens (including phenoxy) is 1. The highest BCUT2D eigenvalue weighted by atomic mass is 35.5. The lowest BCUT2D eigenvalue weighted by Gasteiger charge is -2.22. The number of furan rings is 1. The minimum Gasteiger partial charge on any atom is -0.465 e. The van der Waals surface area contributed by atoms with Gasteiger partial charge in [0.1, 0.15) is 11.5 Å². The first-order valence-corrected chi connectivity index (χ1v) is 14.7. The Labute approximate surface area is 249 Å². The number of benzene rings is 2. The zero-order chi connectivity index (χ0) is 29.9. The van der Waals surface area contributed by atoms with Gasteiger partial charge in [-0.2, -0.15) is 4.31 Å². The molecule has 1 amide bonds. The fourth-order valence-corrected chi connectivity index (χ4v) is 6.23. The number of aryl methyl sites for hydroxylation is 1. The van der Waals surface area contributed by atoms with Crippen molar-refractivity contribution in [3.63, 3.8) is 0 Å². The summed E-state index contributed by atoms with van der Waals surface area (Å²) in [6.45, 7) is 7.22. The van der Waals surface area contributed by atoms with E-state index >= 15 is 0 Å². The van der Waals surface area contributed by atoms with Crippen molar-refractivity contribution in [1.82, 2.24) is 9.21 Å². The Kier molecular flexibility index (Phi) is 9.24. The number of esters is 1. The third kappa shape index (κ3) is 6.49. The molecule has 41 heavy (non-hydrogen) atoms. The zero-order valence-electron chi connectivity index (χ0n) is 22.7. The van der Waals surface area contributed by atoms with Gasteiger partial charge >= 0.3 is 5.97 Å². The van der Waals surface area contributed by atoms with E-state index in [1.54, 1.807) is 67.6 Å². The molecule has 0 aliphatic carbocycles. The van der Waals surface area contributed by atoms with E-state index in [2.05, 4.69) is 6.58 Å². The Morgan fingerprint density at radius 1 is 1.07 bits per heavy atom. The van der Waals surface area contributed by atoms with E-state index in [1.165, 1.54) is 22.4 Å². The van der Waals surface area contributed by atoms with Crippen LogP contribution < -0.4 is 0 Å². The largest absolute Gasteiger partial charge is 0.465 e. The molecule has 214 valence electrons. The lowest BCUT2D eigenvalue weighted by Crippen LogP contribution is -2.30. The first-order valence-electron chi connectivity index (χ1n) is 12.5. The smallest absolute Gasteiger partial charge is 0.340 e. The third-order valence-electron chi connectivity index (χ3n) is 6.53. The summed E-state index contributed by atoms with van der Waals surface area (Å²) in [5.74, 6) is -0.487. The van der Waals surface area contributed by atoms with Gasteiger partial charge in [-0.05, 0) is 61.9 Å². The number of methoxy groups -OCH3 is 1. The van der Waals surface area contributed by atoms with E-state index in [0.29, 0.717) is 27.1 Å². The summed E-state index contributed by atoms with van der Waals surface area (Å²) in [6, 6.07) is 14.6. The second kappa shape index (κ2) is 12.5. The normalized spacial score (nSPS) is 14.8. The van der Waals surface area contributed by atoms with E-state index in [4.69, 9.17) is 32.4 Å². The van der Waals surface area contributed by atoms with Gasteiger partial charge in [0, 0.05) is 28.8 Å². The maximum Gasteiger partial charge on any atom is 0.340 e. The van der Waals surface area contributed by atoms with Crippen molar-refractivity contribution in [3.05, 3.63) is 117 Å². The quantitative estimate of drug-likeness (QED) is 0.154. The highest BCUT2D eigenvalue weighted by molar-refractivity contribution is 7.89. The van der Waals surface area contributed by atoms with Crippen LogP contribution in [0.15, 0.2) is 93.4 Å². The molecule has 0 N–H and O–H groups in total. The summed E-state index contributed by atoms with van der Waals surface area (Å²) in [5.41, 5.74) is 2.15. The van der Waals surface area contributed by atoms with Crippen LogP contribution in [0.2, 0.25) is 10.0 Å². The first-order chi connectivity index (χ1) is 19.5. The molecule has 4 rings (SSSR count). The van der Waals surface area contributed by atoms with Crippen LogP contribution in [0.5, 0.6) is 0 Å². The van der Waals surface area contributed by atoms with Gasteiger partial charge in [-0.15, -0.1) is 6.58 Å². The van der Waals surface area contributed by atoms with Gasteiger partial charge in [0.15, 0.2) is 0 Å². The summed E-state index contributed by atoms with van der Waals surface area (Å²) in [5, 5.41) is 0.756. The van der Waals surface area contributed by atoms with Crippen LogP contribution in [0.1, 0.15) is 29.6 Å². The number of allylic oxidation sites excluding steroid dienone is 1. The Morgan fingerprint density at radius 3 is 2.41 bits per heavy atom. The third-order valence-corrected chi connectivity index (χ3v) is 8.93. The second-order valence-corrected chi connectivity index (χ2v) is 12.1. The van der Waals surface area contributed by atoms with Gasteiger partial charge in [0.05, 0.1) is 29.7 Å². The average molecular weight is 616 g/mol. The van der Waals surface area contributed by atoms with Crippen molar-refractivity contribution in [2.24, 2.45) is 0 Å². The van der Waals surface area contributed by atoms with Gasteiger partial charge in [-0.25, -0.2) is 13.2 Å². The predicted octanol–water partition coefficient (Wildman–Crippen LogP) is 6.14. The Balaban J connectivity index is 1.69. The molecule has 11 heteroatoms. The molecule has 3 aromatic rings. The maximum atomic E-state index is 13.7. The Morgan fingerprint density at radius 2 is 1.78 bits per heavy atom. The van der Waals surface area contributed by atoms with E-state index in [-0.39, 0.29) is 41.4 Å². The summed E-state index contributed by atoms with van der Waals surface area (Å²) < 4.78 is 39.6. The van der Waals surface area contributed by atoms with Crippen LogP contribution >= 0.6 is 23.2 Å². The molecule has 0 fully saturated rings. The minimum absolute atomic E-state index is 0.0489. The van der Waals surface area contributed by atoms with Gasteiger partial charge in [-0.3, -0.25) is 4.79 Å². The molecule has 0 saturated carbocycles. The molecular weight excluding hydrogens is 587 g/mol. The molecule has 0 spiro atoms. The zero-order valence-corrected chi connectivity index (χ0v) is 25.0. The summed E-state index contributed by atoms with van der Waals surface area (Å²) in [7, 11) is -2.74. The number of amides is 1. The average Bonchev–Trinajstić information content (AvgIpc) is 3.47. The lowest BCUT2D eigenvalue weighted by molar-refractivity contribution is -0.136. The molecule has 2 heterocycles. The molecule has 1 aromatic heterocycles. The highest BCUT2D eigenvalue weighted by Crippen LogP contribution is 2.32. The molecule has 0 bridgehead atoms. The van der Waals surface area contributed by atoms with Crippen molar-refractivity contribution in [2.45, 2.75) is 31.8 Å². The van der Waals surface area contributed by atoms with E-state index in [0.717, 1.165) is 5.56 Å². The van der Waals surface area contributed by atoms with Crippen LogP contribution in [-0.2, 0) is 37.4 Å². The molecule has 0 radical (unpaired) electrons. The molecule has 2 aromatic carbocycles. The molecule has 0 atom stereocenters. The van der Waals surface area contributed by atoms with Crippen LogP contribution in [0, 0.1) is 6.92 Å². The lowest BCUT2D eigenvalue weighted by atomic mass is 10.1. The van der Waals surface area contributed by atoms with Crippen molar-refractivity contribution in [2.75, 3.05) is 13.7 Å². The van der Waals surface area contributed by atoms with E-state index < -0.39 is 21.9 Å². The van der Waals surface area contributed by atoms with Crippen molar-refractivity contribution >= 4 is 51.2 Å². The highest BCUT2D eigenvalue weighted by Gasteiger charge is 2.36. The number of carbonyl (C=O) groups excluding carboxylic acids is 2. The van der Waals surface area contributed by atoms with Crippen LogP contribution in [0.3, 0.4) is 0 Å². The number of rotatable bonds is 10. The minimum atomic E-state index is -3.98. The van der Waals surface area contributed by atoms with Gasteiger partial charge in [-0.1, -0.05) is 53.0 Å². The van der Waals surface area contributed by atoms with Crippen LogP contribution in [0.4, 0.5) is 0 Å². The molecule has 8 nitrogen and oxygen atoms in total. The SMILES string of the molecule is C=CCN1C(=O)/C(=C/c2ccc(CN(Cc3ccc(Cl)cc3Cl)S(=O)(=O)c3ccc(C)cc3)o2)C(C(=O)OC)=C1C. The molecular formula is C30H28Cl2N2O6S. The second-order valence-electron chi connectivity index (χ2n) is 9.34. The van der Waals surface area contributed by atoms with Crippen molar-refractivity contribution in [1.29, 1.82) is 0 Å². The number of nitrogens with zero attached hydrogens (tertiary/aromatic N) is 2. The molecule has 1 aliphatic rings. The number of carbonyl (C=O) groups is 2.